The lowest BCUT2D eigenvalue weighted by molar-refractivity contribution is 0.222. The van der Waals surface area contributed by atoms with E-state index in [1.54, 1.807) is 11.3 Å². The molecule has 102 valence electrons. The van der Waals surface area contributed by atoms with Gasteiger partial charge in [-0.3, -0.25) is 0 Å². The third-order valence-corrected chi connectivity index (χ3v) is 3.50. The predicted octanol–water partition coefficient (Wildman–Crippen LogP) is 3.29. The number of ether oxygens (including phenoxy) is 1. The number of aromatic nitrogens is 3. The highest BCUT2D eigenvalue weighted by Gasteiger charge is 2.08. The zero-order valence-corrected chi connectivity index (χ0v) is 12.5. The molecule has 0 aromatic carbocycles. The summed E-state index contributed by atoms with van der Waals surface area (Å²) in [4.78, 5) is 13.4. The third-order valence-electron chi connectivity index (χ3n) is 2.30. The lowest BCUT2D eigenvalue weighted by Crippen LogP contribution is -2.11. The fourth-order valence-electron chi connectivity index (χ4n) is 1.42. The summed E-state index contributed by atoms with van der Waals surface area (Å²) in [7, 11) is 0. The number of thiophene rings is 1. The van der Waals surface area contributed by atoms with Gasteiger partial charge in [-0.1, -0.05) is 0 Å². The van der Waals surface area contributed by atoms with Gasteiger partial charge in [-0.05, 0) is 49.4 Å². The highest BCUT2D eigenvalue weighted by molar-refractivity contribution is 7.10. The Bertz CT molecular complexity index is 558. The van der Waals surface area contributed by atoms with E-state index >= 15 is 0 Å². The molecule has 5 nitrogen and oxygen atoms in total. The van der Waals surface area contributed by atoms with Crippen LogP contribution < -0.4 is 10.1 Å². The summed E-state index contributed by atoms with van der Waals surface area (Å²) < 4.78 is 5.41. The molecular weight excluding hydrogens is 284 g/mol. The quantitative estimate of drug-likeness (QED) is 0.918. The van der Waals surface area contributed by atoms with Gasteiger partial charge in [0, 0.05) is 4.88 Å². The standard InChI is InChI=1S/C12H15ClN4OS/c1-7(2)18-12-16-10(13)15-11(17-12)14-6-9-8(3)4-5-19-9/h4-5,7H,6H2,1-3H3,(H,14,15,16,17). The van der Waals surface area contributed by atoms with Crippen molar-refractivity contribution in [2.24, 2.45) is 0 Å². The second-order valence-electron chi connectivity index (χ2n) is 4.26. The number of nitrogens with zero attached hydrogens (tertiary/aromatic N) is 3. The highest BCUT2D eigenvalue weighted by Crippen LogP contribution is 2.18. The minimum atomic E-state index is -0.00847. The van der Waals surface area contributed by atoms with Crippen molar-refractivity contribution in [2.45, 2.75) is 33.4 Å². The molecule has 19 heavy (non-hydrogen) atoms. The van der Waals surface area contributed by atoms with E-state index in [-0.39, 0.29) is 17.4 Å². The van der Waals surface area contributed by atoms with Crippen LogP contribution in [0, 0.1) is 6.92 Å². The molecule has 2 rings (SSSR count). The molecule has 7 heteroatoms. The lowest BCUT2D eigenvalue weighted by Gasteiger charge is -2.09. The average molecular weight is 299 g/mol. The van der Waals surface area contributed by atoms with Crippen LogP contribution in [0.3, 0.4) is 0 Å². The number of hydrogen-bond acceptors (Lipinski definition) is 6. The van der Waals surface area contributed by atoms with Crippen molar-refractivity contribution in [3.8, 4) is 6.01 Å². The first-order valence-corrected chi connectivity index (χ1v) is 7.15. The molecular formula is C12H15ClN4OS. The number of hydrogen-bond donors (Lipinski definition) is 1. The molecule has 2 aromatic heterocycles. The summed E-state index contributed by atoms with van der Waals surface area (Å²) in [6, 6.07) is 2.32. The fraction of sp³-hybridized carbons (Fsp3) is 0.417. The first-order chi connectivity index (χ1) is 9.04. The zero-order chi connectivity index (χ0) is 13.8. The van der Waals surface area contributed by atoms with Gasteiger partial charge in [0.1, 0.15) is 0 Å². The molecule has 0 spiro atoms. The van der Waals surface area contributed by atoms with Gasteiger partial charge in [-0.15, -0.1) is 11.3 Å². The van der Waals surface area contributed by atoms with Crippen LogP contribution in [0.2, 0.25) is 5.28 Å². The molecule has 1 N–H and O–H groups in total. The summed E-state index contributed by atoms with van der Waals surface area (Å²) in [5.41, 5.74) is 1.25. The van der Waals surface area contributed by atoms with Crippen LogP contribution in [0.1, 0.15) is 24.3 Å². The molecule has 0 atom stereocenters. The van der Waals surface area contributed by atoms with Gasteiger partial charge < -0.3 is 10.1 Å². The fourth-order valence-corrected chi connectivity index (χ4v) is 2.42. The van der Waals surface area contributed by atoms with Crippen molar-refractivity contribution in [3.05, 3.63) is 27.2 Å². The van der Waals surface area contributed by atoms with E-state index in [1.807, 2.05) is 13.8 Å². The van der Waals surface area contributed by atoms with Crippen LogP contribution in [-0.2, 0) is 6.54 Å². The summed E-state index contributed by atoms with van der Waals surface area (Å²) in [5.74, 6) is 0.420. The number of rotatable bonds is 5. The Labute approximate surface area is 121 Å². The molecule has 2 aromatic rings. The molecule has 0 aliphatic carbocycles. The van der Waals surface area contributed by atoms with Gasteiger partial charge in [0.2, 0.25) is 11.2 Å². The first-order valence-electron chi connectivity index (χ1n) is 5.89. The maximum absolute atomic E-state index is 5.85. The molecule has 0 saturated heterocycles. The number of halogens is 1. The van der Waals surface area contributed by atoms with Gasteiger partial charge >= 0.3 is 6.01 Å². The van der Waals surface area contributed by atoms with Crippen LogP contribution in [0.25, 0.3) is 0 Å². The monoisotopic (exact) mass is 298 g/mol. The summed E-state index contributed by atoms with van der Waals surface area (Å²) in [5, 5.41) is 5.30. The van der Waals surface area contributed by atoms with Crippen LogP contribution in [-0.4, -0.2) is 21.1 Å². The summed E-state index contributed by atoms with van der Waals surface area (Å²) in [6.45, 7) is 6.53. The van der Waals surface area contributed by atoms with E-state index in [0.29, 0.717) is 12.5 Å². The van der Waals surface area contributed by atoms with Gasteiger partial charge in [0.05, 0.1) is 12.6 Å². The molecule has 0 amide bonds. The molecule has 0 saturated carbocycles. The lowest BCUT2D eigenvalue weighted by atomic mass is 10.3. The van der Waals surface area contributed by atoms with E-state index in [2.05, 4.69) is 38.6 Å². The topological polar surface area (TPSA) is 59.9 Å². The predicted molar refractivity (Wildman–Crippen MR) is 77.0 cm³/mol. The van der Waals surface area contributed by atoms with Crippen molar-refractivity contribution < 1.29 is 4.74 Å². The Hall–Kier alpha value is -1.40. The Morgan fingerprint density at radius 1 is 1.37 bits per heavy atom. The zero-order valence-electron chi connectivity index (χ0n) is 11.0. The van der Waals surface area contributed by atoms with Gasteiger partial charge in [-0.2, -0.15) is 15.0 Å². The van der Waals surface area contributed by atoms with E-state index in [4.69, 9.17) is 16.3 Å². The third kappa shape index (κ3) is 4.04. The molecule has 2 heterocycles. The summed E-state index contributed by atoms with van der Waals surface area (Å²) >= 11 is 7.54. The molecule has 0 aliphatic rings. The number of nitrogens with one attached hydrogen (secondary N) is 1. The van der Waals surface area contributed by atoms with Crippen LogP contribution in [0.15, 0.2) is 11.4 Å². The largest absolute Gasteiger partial charge is 0.461 e. The Balaban J connectivity index is 2.07. The normalized spacial score (nSPS) is 10.8. The number of anilines is 1. The van der Waals surface area contributed by atoms with Crippen LogP contribution in [0.5, 0.6) is 6.01 Å². The SMILES string of the molecule is Cc1ccsc1CNc1nc(Cl)nc(OC(C)C)n1. The van der Waals surface area contributed by atoms with Gasteiger partial charge in [-0.25, -0.2) is 0 Å². The second-order valence-corrected chi connectivity index (χ2v) is 5.60. The van der Waals surface area contributed by atoms with E-state index < -0.39 is 0 Å². The van der Waals surface area contributed by atoms with Gasteiger partial charge in [0.25, 0.3) is 0 Å². The Morgan fingerprint density at radius 3 is 2.79 bits per heavy atom. The Morgan fingerprint density at radius 2 is 2.16 bits per heavy atom. The Kier molecular flexibility index (Phi) is 4.55. The minimum Gasteiger partial charge on any atom is -0.461 e. The van der Waals surface area contributed by atoms with Crippen molar-refractivity contribution in [1.82, 2.24) is 15.0 Å². The first kappa shape index (κ1) is 14.0. The van der Waals surface area contributed by atoms with E-state index in [0.717, 1.165) is 0 Å². The second kappa shape index (κ2) is 6.16. The number of aryl methyl sites for hydroxylation is 1. The van der Waals surface area contributed by atoms with Crippen molar-refractivity contribution in [3.63, 3.8) is 0 Å². The molecule has 0 aliphatic heterocycles. The van der Waals surface area contributed by atoms with Crippen molar-refractivity contribution >= 4 is 28.9 Å². The van der Waals surface area contributed by atoms with Gasteiger partial charge in [0.15, 0.2) is 0 Å². The highest BCUT2D eigenvalue weighted by atomic mass is 35.5. The van der Waals surface area contributed by atoms with Crippen molar-refractivity contribution in [1.29, 1.82) is 0 Å². The van der Waals surface area contributed by atoms with E-state index in [9.17, 15) is 0 Å². The maximum Gasteiger partial charge on any atom is 0.322 e. The average Bonchev–Trinajstić information content (AvgIpc) is 2.70. The van der Waals surface area contributed by atoms with E-state index in [1.165, 1.54) is 10.4 Å². The summed E-state index contributed by atoms with van der Waals surface area (Å²) in [6.07, 6.45) is -0.00847. The maximum atomic E-state index is 5.85. The van der Waals surface area contributed by atoms with Crippen molar-refractivity contribution in [2.75, 3.05) is 5.32 Å². The molecule has 0 radical (unpaired) electrons. The van der Waals surface area contributed by atoms with Crippen LogP contribution in [0.4, 0.5) is 5.95 Å². The minimum absolute atomic E-state index is 0.00847. The molecule has 0 unspecified atom stereocenters. The molecule has 0 fully saturated rings. The molecule has 0 bridgehead atoms. The van der Waals surface area contributed by atoms with Crippen LogP contribution >= 0.6 is 22.9 Å². The smallest absolute Gasteiger partial charge is 0.322 e.